The van der Waals surface area contributed by atoms with Crippen molar-refractivity contribution < 1.29 is 23.8 Å². The van der Waals surface area contributed by atoms with Gasteiger partial charge in [0, 0.05) is 14.2 Å². The van der Waals surface area contributed by atoms with Crippen molar-refractivity contribution in [2.45, 2.75) is 25.7 Å². The molecule has 0 unspecified atom stereocenters. The fourth-order valence-electron chi connectivity index (χ4n) is 1.07. The molecule has 0 aliphatic heterocycles. The lowest BCUT2D eigenvalue weighted by molar-refractivity contribution is -0.146. The standard InChI is InChI=1S/C10H20N2O5/c1-10(2,8(13)17-5)12-9(14)11-6-7(15-3)16-4/h7H,6H2,1-5H3,(H2,11,12,14). The number of methoxy groups -OCH3 is 3. The van der Waals surface area contributed by atoms with Gasteiger partial charge >= 0.3 is 12.0 Å². The van der Waals surface area contributed by atoms with Crippen molar-refractivity contribution >= 4 is 12.0 Å². The molecule has 0 heterocycles. The molecule has 17 heavy (non-hydrogen) atoms. The Morgan fingerprint density at radius 1 is 1.18 bits per heavy atom. The van der Waals surface area contributed by atoms with Gasteiger partial charge in [-0.1, -0.05) is 0 Å². The topological polar surface area (TPSA) is 85.9 Å². The van der Waals surface area contributed by atoms with Crippen LogP contribution in [-0.2, 0) is 19.0 Å². The number of hydrogen-bond donors (Lipinski definition) is 2. The fourth-order valence-corrected chi connectivity index (χ4v) is 1.07. The Morgan fingerprint density at radius 2 is 1.71 bits per heavy atom. The van der Waals surface area contributed by atoms with Gasteiger partial charge in [-0.25, -0.2) is 9.59 Å². The van der Waals surface area contributed by atoms with Crippen LogP contribution in [0.2, 0.25) is 0 Å². The van der Waals surface area contributed by atoms with Crippen LogP contribution in [0.4, 0.5) is 4.79 Å². The maximum absolute atomic E-state index is 11.5. The lowest BCUT2D eigenvalue weighted by Gasteiger charge is -2.23. The van der Waals surface area contributed by atoms with Crippen molar-refractivity contribution in [3.63, 3.8) is 0 Å². The van der Waals surface area contributed by atoms with E-state index < -0.39 is 23.8 Å². The van der Waals surface area contributed by atoms with Crippen LogP contribution in [0.5, 0.6) is 0 Å². The molecule has 0 aromatic heterocycles. The SMILES string of the molecule is COC(=O)C(C)(C)NC(=O)NCC(OC)OC. The molecule has 0 aromatic rings. The number of hydrogen-bond acceptors (Lipinski definition) is 5. The molecule has 7 nitrogen and oxygen atoms in total. The van der Waals surface area contributed by atoms with E-state index in [-0.39, 0.29) is 6.54 Å². The van der Waals surface area contributed by atoms with E-state index in [1.165, 1.54) is 21.3 Å². The van der Waals surface area contributed by atoms with E-state index in [2.05, 4.69) is 15.4 Å². The highest BCUT2D eigenvalue weighted by Gasteiger charge is 2.30. The number of esters is 1. The number of ether oxygens (including phenoxy) is 3. The van der Waals surface area contributed by atoms with E-state index in [1.54, 1.807) is 13.8 Å². The molecular weight excluding hydrogens is 228 g/mol. The monoisotopic (exact) mass is 248 g/mol. The highest BCUT2D eigenvalue weighted by atomic mass is 16.7. The van der Waals surface area contributed by atoms with Crippen molar-refractivity contribution in [1.82, 2.24) is 10.6 Å². The quantitative estimate of drug-likeness (QED) is 0.504. The van der Waals surface area contributed by atoms with Crippen molar-refractivity contribution in [3.8, 4) is 0 Å². The van der Waals surface area contributed by atoms with Gasteiger partial charge in [-0.2, -0.15) is 0 Å². The summed E-state index contributed by atoms with van der Waals surface area (Å²) in [5.41, 5.74) is -1.09. The second-order valence-electron chi connectivity index (χ2n) is 3.85. The summed E-state index contributed by atoms with van der Waals surface area (Å²) in [6.07, 6.45) is -0.526. The average molecular weight is 248 g/mol. The zero-order valence-electron chi connectivity index (χ0n) is 10.8. The Balaban J connectivity index is 4.14. The highest BCUT2D eigenvalue weighted by molar-refractivity contribution is 5.86. The minimum atomic E-state index is -1.09. The Kier molecular flexibility index (Phi) is 6.52. The molecule has 0 aliphatic carbocycles. The average Bonchev–Trinajstić information content (AvgIpc) is 2.28. The molecule has 7 heteroatoms. The smallest absolute Gasteiger partial charge is 0.331 e. The summed E-state index contributed by atoms with van der Waals surface area (Å²) in [4.78, 5) is 22.8. The maximum Gasteiger partial charge on any atom is 0.331 e. The first-order valence-corrected chi connectivity index (χ1v) is 5.07. The third-order valence-corrected chi connectivity index (χ3v) is 2.08. The third-order valence-electron chi connectivity index (χ3n) is 2.08. The predicted octanol–water partition coefficient (Wildman–Crippen LogP) is -0.144. The van der Waals surface area contributed by atoms with Gasteiger partial charge in [-0.3, -0.25) is 0 Å². The van der Waals surface area contributed by atoms with Crippen LogP contribution in [0.25, 0.3) is 0 Å². The number of nitrogens with one attached hydrogen (secondary N) is 2. The van der Waals surface area contributed by atoms with E-state index in [4.69, 9.17) is 9.47 Å². The van der Waals surface area contributed by atoms with E-state index in [1.807, 2.05) is 0 Å². The minimum absolute atomic E-state index is 0.177. The molecule has 0 fully saturated rings. The minimum Gasteiger partial charge on any atom is -0.467 e. The lowest BCUT2D eigenvalue weighted by atomic mass is 10.1. The fraction of sp³-hybridized carbons (Fsp3) is 0.800. The highest BCUT2D eigenvalue weighted by Crippen LogP contribution is 2.03. The van der Waals surface area contributed by atoms with Crippen LogP contribution in [0.1, 0.15) is 13.8 Å². The Morgan fingerprint density at radius 3 is 2.12 bits per heavy atom. The van der Waals surface area contributed by atoms with Gasteiger partial charge in [0.15, 0.2) is 6.29 Å². The molecule has 0 radical (unpaired) electrons. The number of amides is 2. The molecule has 100 valence electrons. The number of rotatable bonds is 6. The zero-order chi connectivity index (χ0) is 13.5. The molecule has 0 aromatic carbocycles. The molecule has 0 aliphatic rings. The predicted molar refractivity (Wildman–Crippen MR) is 60.4 cm³/mol. The van der Waals surface area contributed by atoms with E-state index >= 15 is 0 Å². The normalized spacial score (nSPS) is 11.2. The van der Waals surface area contributed by atoms with Crippen LogP contribution in [0.3, 0.4) is 0 Å². The molecule has 0 rings (SSSR count). The van der Waals surface area contributed by atoms with Crippen LogP contribution < -0.4 is 10.6 Å². The molecule has 0 bridgehead atoms. The molecule has 2 amide bonds. The van der Waals surface area contributed by atoms with E-state index in [0.717, 1.165) is 0 Å². The summed E-state index contributed by atoms with van der Waals surface area (Å²) in [6.45, 7) is 3.27. The third kappa shape index (κ3) is 5.50. The Labute approximate surface area is 101 Å². The van der Waals surface area contributed by atoms with Crippen molar-refractivity contribution in [3.05, 3.63) is 0 Å². The van der Waals surface area contributed by atoms with Gasteiger partial charge in [0.05, 0.1) is 13.7 Å². The Hall–Kier alpha value is -1.34. The first kappa shape index (κ1) is 15.7. The number of carbonyl (C=O) groups excluding carboxylic acids is 2. The first-order chi connectivity index (χ1) is 7.87. The summed E-state index contributed by atoms with van der Waals surface area (Å²) in [7, 11) is 4.19. The second-order valence-corrected chi connectivity index (χ2v) is 3.85. The summed E-state index contributed by atoms with van der Waals surface area (Å²) in [6, 6.07) is -0.500. The summed E-state index contributed by atoms with van der Waals surface area (Å²) in [5, 5.41) is 4.99. The van der Waals surface area contributed by atoms with Crippen LogP contribution in [0.15, 0.2) is 0 Å². The number of carbonyl (C=O) groups is 2. The van der Waals surface area contributed by atoms with Gasteiger partial charge < -0.3 is 24.8 Å². The first-order valence-electron chi connectivity index (χ1n) is 5.07. The number of urea groups is 1. The van der Waals surface area contributed by atoms with Gasteiger partial charge in [-0.05, 0) is 13.8 Å². The summed E-state index contributed by atoms with van der Waals surface area (Å²) < 4.78 is 14.3. The molecule has 0 saturated heterocycles. The van der Waals surface area contributed by atoms with Gasteiger partial charge in [0.1, 0.15) is 5.54 Å². The van der Waals surface area contributed by atoms with Gasteiger partial charge in [0.2, 0.25) is 0 Å². The zero-order valence-corrected chi connectivity index (χ0v) is 10.8. The van der Waals surface area contributed by atoms with Crippen LogP contribution in [-0.4, -0.2) is 51.7 Å². The molecule has 0 saturated carbocycles. The van der Waals surface area contributed by atoms with Crippen LogP contribution >= 0.6 is 0 Å². The van der Waals surface area contributed by atoms with E-state index in [9.17, 15) is 9.59 Å². The maximum atomic E-state index is 11.5. The second kappa shape index (κ2) is 7.08. The van der Waals surface area contributed by atoms with E-state index in [0.29, 0.717) is 0 Å². The summed E-state index contributed by atoms with van der Waals surface area (Å²) in [5.74, 6) is -0.525. The van der Waals surface area contributed by atoms with Crippen molar-refractivity contribution in [1.29, 1.82) is 0 Å². The largest absolute Gasteiger partial charge is 0.467 e. The van der Waals surface area contributed by atoms with Gasteiger partial charge in [-0.15, -0.1) is 0 Å². The Bertz CT molecular complexity index is 263. The lowest BCUT2D eigenvalue weighted by Crippen LogP contribution is -2.54. The molecular formula is C10H20N2O5. The van der Waals surface area contributed by atoms with Crippen LogP contribution in [0, 0.1) is 0 Å². The molecule has 2 N–H and O–H groups in total. The van der Waals surface area contributed by atoms with Gasteiger partial charge in [0.25, 0.3) is 0 Å². The summed E-state index contributed by atoms with van der Waals surface area (Å²) >= 11 is 0. The molecule has 0 atom stereocenters. The molecule has 0 spiro atoms. The van der Waals surface area contributed by atoms with Crippen molar-refractivity contribution in [2.75, 3.05) is 27.9 Å². The van der Waals surface area contributed by atoms with Crippen molar-refractivity contribution in [2.24, 2.45) is 0 Å².